The van der Waals surface area contributed by atoms with E-state index >= 15 is 0 Å². The van der Waals surface area contributed by atoms with Gasteiger partial charge in [-0.1, -0.05) is 43.3 Å². The second-order valence-electron chi connectivity index (χ2n) is 6.40. The summed E-state index contributed by atoms with van der Waals surface area (Å²) in [6, 6.07) is 17.4. The minimum Gasteiger partial charge on any atom is -0.472 e. The van der Waals surface area contributed by atoms with Gasteiger partial charge in [0.05, 0.1) is 12.5 Å². The van der Waals surface area contributed by atoms with Crippen LogP contribution in [0.5, 0.6) is 0 Å². The van der Waals surface area contributed by atoms with Gasteiger partial charge in [0.25, 0.3) is 0 Å². The van der Waals surface area contributed by atoms with Crippen LogP contribution in [-0.4, -0.2) is 6.54 Å². The van der Waals surface area contributed by atoms with Gasteiger partial charge in [-0.15, -0.1) is 0 Å². The molecule has 2 heterocycles. The number of hydrogen-bond donors (Lipinski definition) is 1. The molecule has 23 heavy (non-hydrogen) atoms. The Kier molecular flexibility index (Phi) is 3.66. The van der Waals surface area contributed by atoms with Gasteiger partial charge in [-0.2, -0.15) is 0 Å². The molecular weight excluding hydrogens is 282 g/mol. The molecule has 0 spiro atoms. The van der Waals surface area contributed by atoms with Gasteiger partial charge in [0.2, 0.25) is 0 Å². The van der Waals surface area contributed by atoms with E-state index < -0.39 is 0 Å². The molecule has 0 fully saturated rings. The van der Waals surface area contributed by atoms with Gasteiger partial charge in [0.15, 0.2) is 0 Å². The van der Waals surface area contributed by atoms with Crippen molar-refractivity contribution >= 4 is 5.69 Å². The first-order chi connectivity index (χ1) is 11.3. The lowest BCUT2D eigenvalue weighted by Gasteiger charge is -2.27. The molecule has 0 aliphatic carbocycles. The maximum Gasteiger partial charge on any atom is 0.0981 e. The number of rotatable bonds is 3. The number of nitrogens with one attached hydrogen (secondary N) is 1. The molecule has 0 saturated carbocycles. The Morgan fingerprint density at radius 2 is 1.96 bits per heavy atom. The highest BCUT2D eigenvalue weighted by Crippen LogP contribution is 2.40. The van der Waals surface area contributed by atoms with Crippen molar-refractivity contribution in [3.8, 4) is 11.1 Å². The van der Waals surface area contributed by atoms with Gasteiger partial charge >= 0.3 is 0 Å². The molecule has 0 radical (unpaired) electrons. The summed E-state index contributed by atoms with van der Waals surface area (Å²) in [5.74, 6) is 0.590. The van der Waals surface area contributed by atoms with Gasteiger partial charge in [-0.25, -0.2) is 0 Å². The highest BCUT2D eigenvalue weighted by atomic mass is 16.3. The molecule has 116 valence electrons. The molecule has 1 atom stereocenters. The summed E-state index contributed by atoms with van der Waals surface area (Å²) in [4.78, 5) is 0. The predicted octanol–water partition coefficient (Wildman–Crippen LogP) is 5.46. The second-order valence-corrected chi connectivity index (χ2v) is 6.40. The Hall–Kier alpha value is -2.48. The van der Waals surface area contributed by atoms with Crippen molar-refractivity contribution in [2.45, 2.75) is 25.7 Å². The van der Waals surface area contributed by atoms with Gasteiger partial charge in [-0.05, 0) is 47.6 Å². The summed E-state index contributed by atoms with van der Waals surface area (Å²) >= 11 is 0. The van der Waals surface area contributed by atoms with E-state index in [1.165, 1.54) is 34.4 Å². The van der Waals surface area contributed by atoms with E-state index in [4.69, 9.17) is 4.42 Å². The van der Waals surface area contributed by atoms with Crippen LogP contribution in [0, 0.1) is 0 Å². The third-order valence-electron chi connectivity index (χ3n) is 4.72. The Balaban J connectivity index is 1.81. The van der Waals surface area contributed by atoms with E-state index in [1.54, 1.807) is 6.26 Å². The first-order valence-corrected chi connectivity index (χ1v) is 8.28. The summed E-state index contributed by atoms with van der Waals surface area (Å²) < 4.78 is 5.32. The Morgan fingerprint density at radius 1 is 1.09 bits per heavy atom. The minimum absolute atomic E-state index is 0.590. The van der Waals surface area contributed by atoms with E-state index in [0.717, 1.165) is 18.5 Å². The normalized spacial score (nSPS) is 16.7. The number of furan rings is 1. The van der Waals surface area contributed by atoms with Crippen LogP contribution in [-0.2, 0) is 6.42 Å². The van der Waals surface area contributed by atoms with E-state index in [9.17, 15) is 0 Å². The molecule has 1 aromatic heterocycles. The molecule has 1 unspecified atom stereocenters. The number of hydrogen-bond acceptors (Lipinski definition) is 2. The number of benzene rings is 2. The summed E-state index contributed by atoms with van der Waals surface area (Å²) in [6.45, 7) is 3.36. The topological polar surface area (TPSA) is 25.2 Å². The van der Waals surface area contributed by atoms with Crippen LogP contribution >= 0.6 is 0 Å². The maximum atomic E-state index is 5.32. The van der Waals surface area contributed by atoms with Gasteiger partial charge in [0, 0.05) is 23.4 Å². The van der Waals surface area contributed by atoms with Crippen LogP contribution in [0.1, 0.15) is 36.0 Å². The molecule has 4 rings (SSSR count). The lowest BCUT2D eigenvalue weighted by atomic mass is 9.86. The largest absolute Gasteiger partial charge is 0.472 e. The molecule has 0 saturated heterocycles. The predicted molar refractivity (Wildman–Crippen MR) is 94.9 cm³/mol. The molecule has 2 heteroatoms. The first kappa shape index (κ1) is 14.1. The Morgan fingerprint density at radius 3 is 2.74 bits per heavy atom. The zero-order valence-corrected chi connectivity index (χ0v) is 13.4. The SMILES string of the molecule is CC1CCNc2c(-c3ccoc3)cc(Cc3ccccc3)cc21. The maximum absolute atomic E-state index is 5.32. The zero-order valence-electron chi connectivity index (χ0n) is 13.4. The van der Waals surface area contributed by atoms with Crippen molar-refractivity contribution < 1.29 is 4.42 Å². The minimum atomic E-state index is 0.590. The van der Waals surface area contributed by atoms with Gasteiger partial charge in [-0.3, -0.25) is 0 Å². The van der Waals surface area contributed by atoms with Crippen LogP contribution in [0.15, 0.2) is 65.5 Å². The molecule has 2 nitrogen and oxygen atoms in total. The molecular formula is C21H21NO. The van der Waals surface area contributed by atoms with Crippen molar-refractivity contribution in [3.63, 3.8) is 0 Å². The average Bonchev–Trinajstić information content (AvgIpc) is 3.10. The second kappa shape index (κ2) is 5.96. The van der Waals surface area contributed by atoms with Crippen LogP contribution in [0.3, 0.4) is 0 Å². The summed E-state index contributed by atoms with van der Waals surface area (Å²) in [5.41, 5.74) is 7.83. The molecule has 2 aromatic carbocycles. The molecule has 1 N–H and O–H groups in total. The third-order valence-corrected chi connectivity index (χ3v) is 4.72. The van der Waals surface area contributed by atoms with Crippen LogP contribution in [0.2, 0.25) is 0 Å². The van der Waals surface area contributed by atoms with Crippen molar-refractivity contribution in [1.29, 1.82) is 0 Å². The van der Waals surface area contributed by atoms with Gasteiger partial charge in [0.1, 0.15) is 0 Å². The Labute approximate surface area is 137 Å². The van der Waals surface area contributed by atoms with Crippen molar-refractivity contribution in [3.05, 3.63) is 77.7 Å². The third kappa shape index (κ3) is 2.77. The van der Waals surface area contributed by atoms with Gasteiger partial charge < -0.3 is 9.73 Å². The molecule has 0 amide bonds. The van der Waals surface area contributed by atoms with E-state index in [2.05, 4.69) is 54.7 Å². The Bertz CT molecular complexity index is 790. The lowest BCUT2D eigenvalue weighted by molar-refractivity contribution is 0.568. The monoisotopic (exact) mass is 303 g/mol. The quantitative estimate of drug-likeness (QED) is 0.695. The van der Waals surface area contributed by atoms with Crippen molar-refractivity contribution in [1.82, 2.24) is 0 Å². The summed E-state index contributed by atoms with van der Waals surface area (Å²) in [7, 11) is 0. The first-order valence-electron chi connectivity index (χ1n) is 8.28. The van der Waals surface area contributed by atoms with E-state index in [0.29, 0.717) is 5.92 Å². The summed E-state index contributed by atoms with van der Waals surface area (Å²) in [6.07, 6.45) is 5.74. The van der Waals surface area contributed by atoms with Crippen LogP contribution < -0.4 is 5.32 Å². The smallest absolute Gasteiger partial charge is 0.0981 e. The number of fused-ring (bicyclic) bond motifs is 1. The van der Waals surface area contributed by atoms with Crippen molar-refractivity contribution in [2.75, 3.05) is 11.9 Å². The van der Waals surface area contributed by atoms with Crippen LogP contribution in [0.25, 0.3) is 11.1 Å². The van der Waals surface area contributed by atoms with Crippen molar-refractivity contribution in [2.24, 2.45) is 0 Å². The fraction of sp³-hybridized carbons (Fsp3) is 0.238. The fourth-order valence-electron chi connectivity index (χ4n) is 3.46. The standard InChI is InChI=1S/C21H21NO/c1-15-7-9-22-21-19(15)12-17(11-16-5-3-2-4-6-16)13-20(21)18-8-10-23-14-18/h2-6,8,10,12-15,22H,7,9,11H2,1H3. The molecule has 0 bridgehead atoms. The summed E-state index contributed by atoms with van der Waals surface area (Å²) in [5, 5.41) is 3.60. The molecule has 1 aliphatic rings. The van der Waals surface area contributed by atoms with E-state index in [1.807, 2.05) is 12.3 Å². The number of anilines is 1. The molecule has 3 aromatic rings. The van der Waals surface area contributed by atoms with Crippen LogP contribution in [0.4, 0.5) is 5.69 Å². The highest BCUT2D eigenvalue weighted by Gasteiger charge is 2.21. The lowest BCUT2D eigenvalue weighted by Crippen LogP contribution is -2.16. The average molecular weight is 303 g/mol. The highest BCUT2D eigenvalue weighted by molar-refractivity contribution is 5.81. The van der Waals surface area contributed by atoms with E-state index in [-0.39, 0.29) is 0 Å². The zero-order chi connectivity index (χ0) is 15.6. The fourth-order valence-corrected chi connectivity index (χ4v) is 3.46. The molecule has 1 aliphatic heterocycles.